The first kappa shape index (κ1) is 9.66. The molecule has 4 heteroatoms. The molecule has 1 heterocycles. The van der Waals surface area contributed by atoms with Crippen LogP contribution in [0.3, 0.4) is 0 Å². The second-order valence-electron chi connectivity index (χ2n) is 3.26. The Morgan fingerprint density at radius 2 is 2.47 bits per heavy atom. The van der Waals surface area contributed by atoms with E-state index in [0.717, 1.165) is 23.7 Å². The molecule has 0 radical (unpaired) electrons. The number of methoxy groups -OCH3 is 1. The molecule has 0 saturated carbocycles. The van der Waals surface area contributed by atoms with Crippen molar-refractivity contribution in [2.45, 2.75) is 0 Å². The molecule has 1 aromatic rings. The predicted octanol–water partition coefficient (Wildman–Crippen LogP) is 1.42. The minimum Gasteiger partial charge on any atom is -0.497 e. The van der Waals surface area contributed by atoms with Crippen molar-refractivity contribution in [1.29, 1.82) is 5.26 Å². The molecule has 2 rings (SSSR count). The van der Waals surface area contributed by atoms with Crippen LogP contribution in [0.1, 0.15) is 0 Å². The summed E-state index contributed by atoms with van der Waals surface area (Å²) in [6.45, 7) is 1.75. The van der Waals surface area contributed by atoms with Gasteiger partial charge in [0.2, 0.25) is 0 Å². The summed E-state index contributed by atoms with van der Waals surface area (Å²) in [6, 6.07) is 7.77. The molecule has 1 aliphatic rings. The first-order chi connectivity index (χ1) is 7.35. The molecule has 4 nitrogen and oxygen atoms in total. The predicted molar refractivity (Wildman–Crippen MR) is 56.3 cm³/mol. The lowest BCUT2D eigenvalue weighted by Gasteiger charge is -2.29. The molecule has 78 valence electrons. The fourth-order valence-corrected chi connectivity index (χ4v) is 1.63. The number of hydrogen-bond donors (Lipinski definition) is 0. The Labute approximate surface area is 88.6 Å². The number of fused-ring (bicyclic) bond motifs is 1. The van der Waals surface area contributed by atoms with Gasteiger partial charge in [-0.3, -0.25) is 0 Å². The molecule has 1 aliphatic heterocycles. The Morgan fingerprint density at radius 3 is 3.20 bits per heavy atom. The molecule has 0 atom stereocenters. The molecule has 0 spiro atoms. The Kier molecular flexibility index (Phi) is 2.64. The minimum atomic E-state index is 0.378. The summed E-state index contributed by atoms with van der Waals surface area (Å²) in [7, 11) is 1.63. The summed E-state index contributed by atoms with van der Waals surface area (Å²) < 4.78 is 10.6. The number of rotatable bonds is 2. The van der Waals surface area contributed by atoms with Gasteiger partial charge in [0.1, 0.15) is 24.7 Å². The zero-order valence-electron chi connectivity index (χ0n) is 8.56. The maximum atomic E-state index is 8.71. The molecule has 15 heavy (non-hydrogen) atoms. The molecule has 0 fully saturated rings. The SMILES string of the molecule is COc1ccc2c(c1)N(CC#N)CCO2. The molecule has 0 aromatic heterocycles. The second-order valence-corrected chi connectivity index (χ2v) is 3.26. The van der Waals surface area contributed by atoms with Gasteiger partial charge in [0.25, 0.3) is 0 Å². The van der Waals surface area contributed by atoms with Gasteiger partial charge in [0.15, 0.2) is 0 Å². The Morgan fingerprint density at radius 1 is 1.60 bits per heavy atom. The first-order valence-electron chi connectivity index (χ1n) is 4.78. The van der Waals surface area contributed by atoms with Gasteiger partial charge >= 0.3 is 0 Å². The van der Waals surface area contributed by atoms with Crippen LogP contribution in [-0.4, -0.2) is 26.8 Å². The van der Waals surface area contributed by atoms with Gasteiger partial charge in [-0.1, -0.05) is 0 Å². The highest BCUT2D eigenvalue weighted by molar-refractivity contribution is 5.63. The zero-order chi connectivity index (χ0) is 10.7. The Balaban J connectivity index is 2.35. The van der Waals surface area contributed by atoms with Crippen molar-refractivity contribution in [2.24, 2.45) is 0 Å². The number of anilines is 1. The van der Waals surface area contributed by atoms with Gasteiger partial charge in [0, 0.05) is 6.07 Å². The van der Waals surface area contributed by atoms with Crippen molar-refractivity contribution < 1.29 is 9.47 Å². The molecule has 0 aliphatic carbocycles. The van der Waals surface area contributed by atoms with Crippen LogP contribution >= 0.6 is 0 Å². The van der Waals surface area contributed by atoms with E-state index in [1.165, 1.54) is 0 Å². The number of hydrogen-bond acceptors (Lipinski definition) is 4. The van der Waals surface area contributed by atoms with Gasteiger partial charge in [0.05, 0.1) is 25.4 Å². The highest BCUT2D eigenvalue weighted by atomic mass is 16.5. The molecule has 0 saturated heterocycles. The molecule has 0 N–H and O–H groups in total. The van der Waals surface area contributed by atoms with Crippen molar-refractivity contribution >= 4 is 5.69 Å². The van der Waals surface area contributed by atoms with Crippen LogP contribution in [0.15, 0.2) is 18.2 Å². The van der Waals surface area contributed by atoms with Crippen LogP contribution in [0, 0.1) is 11.3 Å². The zero-order valence-corrected chi connectivity index (χ0v) is 8.56. The van der Waals surface area contributed by atoms with Crippen LogP contribution in [0.4, 0.5) is 5.69 Å². The van der Waals surface area contributed by atoms with E-state index in [1.807, 2.05) is 23.1 Å². The van der Waals surface area contributed by atoms with Crippen molar-refractivity contribution in [2.75, 3.05) is 31.7 Å². The van der Waals surface area contributed by atoms with Crippen LogP contribution in [0.2, 0.25) is 0 Å². The fourth-order valence-electron chi connectivity index (χ4n) is 1.63. The van der Waals surface area contributed by atoms with E-state index in [-0.39, 0.29) is 0 Å². The normalized spacial score (nSPS) is 13.7. The molecule has 0 amide bonds. The summed E-state index contributed by atoms with van der Waals surface area (Å²) >= 11 is 0. The van der Waals surface area contributed by atoms with Gasteiger partial charge in [-0.25, -0.2) is 0 Å². The van der Waals surface area contributed by atoms with Gasteiger partial charge in [-0.05, 0) is 12.1 Å². The molecular weight excluding hydrogens is 192 g/mol. The average Bonchev–Trinajstić information content (AvgIpc) is 2.29. The van der Waals surface area contributed by atoms with Crippen molar-refractivity contribution in [1.82, 2.24) is 0 Å². The van der Waals surface area contributed by atoms with Crippen LogP contribution < -0.4 is 14.4 Å². The quantitative estimate of drug-likeness (QED) is 0.683. The van der Waals surface area contributed by atoms with E-state index < -0.39 is 0 Å². The summed E-state index contributed by atoms with van der Waals surface area (Å²) in [6.07, 6.45) is 0. The lowest BCUT2D eigenvalue weighted by molar-refractivity contribution is 0.308. The summed E-state index contributed by atoms with van der Waals surface area (Å²) in [5.74, 6) is 1.60. The lowest BCUT2D eigenvalue weighted by atomic mass is 10.2. The van der Waals surface area contributed by atoms with E-state index in [0.29, 0.717) is 13.2 Å². The van der Waals surface area contributed by atoms with Crippen molar-refractivity contribution in [3.05, 3.63) is 18.2 Å². The summed E-state index contributed by atoms with van der Waals surface area (Å²) in [5, 5.41) is 8.71. The van der Waals surface area contributed by atoms with Crippen LogP contribution in [0.5, 0.6) is 11.5 Å². The van der Waals surface area contributed by atoms with Crippen molar-refractivity contribution in [3.8, 4) is 17.6 Å². The van der Waals surface area contributed by atoms with Crippen molar-refractivity contribution in [3.63, 3.8) is 0 Å². The number of nitrogens with zero attached hydrogens (tertiary/aromatic N) is 2. The van der Waals surface area contributed by atoms with Gasteiger partial charge in [-0.15, -0.1) is 0 Å². The van der Waals surface area contributed by atoms with Gasteiger partial charge in [-0.2, -0.15) is 5.26 Å². The van der Waals surface area contributed by atoms with E-state index in [1.54, 1.807) is 7.11 Å². The van der Waals surface area contributed by atoms with Crippen LogP contribution in [-0.2, 0) is 0 Å². The van der Waals surface area contributed by atoms with E-state index in [4.69, 9.17) is 14.7 Å². The third-order valence-corrected chi connectivity index (χ3v) is 2.39. The third-order valence-electron chi connectivity index (χ3n) is 2.39. The maximum Gasteiger partial charge on any atom is 0.142 e. The smallest absolute Gasteiger partial charge is 0.142 e. The number of ether oxygens (including phenoxy) is 2. The molecule has 0 bridgehead atoms. The first-order valence-corrected chi connectivity index (χ1v) is 4.78. The number of benzene rings is 1. The highest BCUT2D eigenvalue weighted by Gasteiger charge is 2.18. The maximum absolute atomic E-state index is 8.71. The van der Waals surface area contributed by atoms with E-state index in [2.05, 4.69) is 6.07 Å². The van der Waals surface area contributed by atoms with E-state index in [9.17, 15) is 0 Å². The number of nitriles is 1. The third kappa shape index (κ3) is 1.82. The Hall–Kier alpha value is -1.89. The minimum absolute atomic E-state index is 0.378. The average molecular weight is 204 g/mol. The Bertz CT molecular complexity index is 398. The van der Waals surface area contributed by atoms with E-state index >= 15 is 0 Å². The van der Waals surface area contributed by atoms with Crippen LogP contribution in [0.25, 0.3) is 0 Å². The highest BCUT2D eigenvalue weighted by Crippen LogP contribution is 2.34. The fraction of sp³-hybridized carbons (Fsp3) is 0.364. The summed E-state index contributed by atoms with van der Waals surface area (Å²) in [5.41, 5.74) is 0.933. The summed E-state index contributed by atoms with van der Waals surface area (Å²) in [4.78, 5) is 1.99. The lowest BCUT2D eigenvalue weighted by Crippen LogP contribution is -2.32. The standard InChI is InChI=1S/C11H12N2O2/c1-14-9-2-3-11-10(8-9)13(5-4-12)6-7-15-11/h2-3,8H,5-7H2,1H3. The topological polar surface area (TPSA) is 45.5 Å². The van der Waals surface area contributed by atoms with Gasteiger partial charge < -0.3 is 14.4 Å². The molecule has 0 unspecified atom stereocenters. The molecule has 1 aromatic carbocycles. The second kappa shape index (κ2) is 4.09. The monoisotopic (exact) mass is 204 g/mol. The largest absolute Gasteiger partial charge is 0.497 e. The molecular formula is C11H12N2O2.